The van der Waals surface area contributed by atoms with Gasteiger partial charge in [-0.3, -0.25) is 4.79 Å². The average Bonchev–Trinajstić information content (AvgIpc) is 2.43. The highest BCUT2D eigenvalue weighted by Gasteiger charge is 2.22. The highest BCUT2D eigenvalue weighted by Crippen LogP contribution is 2.25. The summed E-state index contributed by atoms with van der Waals surface area (Å²) < 4.78 is 11.4. The minimum absolute atomic E-state index is 0.188. The molecule has 0 radical (unpaired) electrons. The Morgan fingerprint density at radius 3 is 2.57 bits per heavy atom. The van der Waals surface area contributed by atoms with Crippen LogP contribution in [0.5, 0.6) is 0 Å². The quantitative estimate of drug-likeness (QED) is 0.396. The summed E-state index contributed by atoms with van der Waals surface area (Å²) >= 11 is 1.92. The summed E-state index contributed by atoms with van der Waals surface area (Å²) in [5.41, 5.74) is 2.24. The highest BCUT2D eigenvalue weighted by atomic mass is 127. The number of rotatable bonds is 4. The molecule has 0 aliphatic heterocycles. The van der Waals surface area contributed by atoms with Crippen molar-refractivity contribution in [1.82, 2.24) is 0 Å². The molecule has 0 amide bonds. The van der Waals surface area contributed by atoms with E-state index in [1.165, 1.54) is 6.26 Å². The molecule has 1 aromatic heterocycles. The molecule has 124 valence electrons. The predicted molar refractivity (Wildman–Crippen MR) is 103 cm³/mol. The molecule has 1 heterocycles. The lowest BCUT2D eigenvalue weighted by Gasteiger charge is -2.16. The Balaban J connectivity index is 2.50. The monoisotopic (exact) mass is 444 g/mol. The van der Waals surface area contributed by atoms with Crippen molar-refractivity contribution < 1.29 is 13.9 Å². The van der Waals surface area contributed by atoms with Crippen molar-refractivity contribution in [2.24, 2.45) is 0 Å². The van der Waals surface area contributed by atoms with E-state index in [2.05, 4.69) is 19.6 Å². The molecule has 0 bridgehead atoms. The minimum Gasteiger partial charge on any atom is -0.463 e. The lowest BCUT2D eigenvalue weighted by molar-refractivity contribution is 0.0526. The van der Waals surface area contributed by atoms with Crippen LogP contribution in [0, 0.1) is 17.4 Å². The fourth-order valence-corrected chi connectivity index (χ4v) is 3.38. The van der Waals surface area contributed by atoms with Crippen LogP contribution in [0.3, 0.4) is 0 Å². The third kappa shape index (κ3) is 4.03. The van der Waals surface area contributed by atoms with E-state index in [1.807, 2.05) is 36.4 Å². The van der Waals surface area contributed by atoms with Gasteiger partial charge < -0.3 is 9.15 Å². The summed E-state index contributed by atoms with van der Waals surface area (Å²) in [7, 11) is -1.28. The third-order valence-electron chi connectivity index (χ3n) is 3.83. The van der Waals surface area contributed by atoms with Gasteiger partial charge in [-0.1, -0.05) is 19.6 Å². The van der Waals surface area contributed by atoms with Gasteiger partial charge in [-0.2, -0.15) is 0 Å². The number of fused-ring (bicyclic) bond motifs is 1. The van der Waals surface area contributed by atoms with Gasteiger partial charge in [0.05, 0.1) is 21.1 Å². The Kier molecular flexibility index (Phi) is 5.35. The van der Waals surface area contributed by atoms with E-state index < -0.39 is 14.0 Å². The number of carbonyl (C=O) groups excluding carboxylic acids is 1. The van der Waals surface area contributed by atoms with Crippen LogP contribution in [0.1, 0.15) is 21.5 Å². The first-order valence-corrected chi connectivity index (χ1v) is 12.3. The topological polar surface area (TPSA) is 56.5 Å². The number of ether oxygens (including phenoxy) is 1. The Morgan fingerprint density at radius 2 is 1.96 bits per heavy atom. The molecule has 0 saturated carbocycles. The maximum absolute atomic E-state index is 12.6. The molecule has 23 heavy (non-hydrogen) atoms. The second-order valence-corrected chi connectivity index (χ2v) is 13.7. The summed E-state index contributed by atoms with van der Waals surface area (Å²) in [6, 6.07) is 2.69. The molecule has 0 fully saturated rings. The van der Waals surface area contributed by atoms with Crippen molar-refractivity contribution in [2.75, 3.05) is 6.61 Å². The normalized spacial score (nSPS) is 11.7. The summed E-state index contributed by atoms with van der Waals surface area (Å²) in [6.45, 7) is 10.8. The SMILES string of the molecule is Cc1cc2occ(I)c(=O)c2c(C(=O)OCC[Si](C)(C)C)c1C. The molecular weight excluding hydrogens is 423 g/mol. The number of benzene rings is 1. The molecule has 0 spiro atoms. The lowest BCUT2D eigenvalue weighted by Crippen LogP contribution is -2.23. The van der Waals surface area contributed by atoms with E-state index in [1.54, 1.807) is 6.07 Å². The van der Waals surface area contributed by atoms with Crippen LogP contribution in [-0.2, 0) is 4.74 Å². The summed E-state index contributed by atoms with van der Waals surface area (Å²) in [5.74, 6) is -0.441. The molecule has 0 saturated heterocycles. The fraction of sp³-hybridized carbons (Fsp3) is 0.412. The molecule has 2 aromatic rings. The fourth-order valence-electron chi connectivity index (χ4n) is 2.27. The van der Waals surface area contributed by atoms with Gasteiger partial charge in [0.1, 0.15) is 11.8 Å². The third-order valence-corrected chi connectivity index (χ3v) is 6.28. The number of carbonyl (C=O) groups is 1. The Morgan fingerprint density at radius 1 is 1.30 bits per heavy atom. The van der Waals surface area contributed by atoms with Gasteiger partial charge in [-0.05, 0) is 59.7 Å². The molecule has 4 nitrogen and oxygen atoms in total. The van der Waals surface area contributed by atoms with Crippen molar-refractivity contribution in [3.8, 4) is 0 Å². The highest BCUT2D eigenvalue weighted by molar-refractivity contribution is 14.1. The van der Waals surface area contributed by atoms with Gasteiger partial charge in [-0.15, -0.1) is 0 Å². The second-order valence-electron chi connectivity index (χ2n) is 6.93. The first-order valence-electron chi connectivity index (χ1n) is 7.50. The lowest BCUT2D eigenvalue weighted by atomic mass is 9.98. The van der Waals surface area contributed by atoms with Crippen molar-refractivity contribution in [1.29, 1.82) is 0 Å². The van der Waals surface area contributed by atoms with Crippen molar-refractivity contribution >= 4 is 47.6 Å². The number of hydrogen-bond donors (Lipinski definition) is 0. The Bertz CT molecular complexity index is 818. The van der Waals surface area contributed by atoms with Crippen LogP contribution in [0.2, 0.25) is 25.7 Å². The van der Waals surface area contributed by atoms with E-state index >= 15 is 0 Å². The maximum atomic E-state index is 12.6. The van der Waals surface area contributed by atoms with Crippen LogP contribution in [0.15, 0.2) is 21.5 Å². The van der Waals surface area contributed by atoms with Gasteiger partial charge in [0.25, 0.3) is 0 Å². The predicted octanol–water partition coefficient (Wildman–Crippen LogP) is 4.51. The molecule has 0 N–H and O–H groups in total. The Labute approximate surface area is 150 Å². The minimum atomic E-state index is -1.28. The molecule has 0 atom stereocenters. The zero-order valence-electron chi connectivity index (χ0n) is 14.1. The molecule has 6 heteroatoms. The number of esters is 1. The zero-order valence-corrected chi connectivity index (χ0v) is 17.2. The van der Waals surface area contributed by atoms with E-state index in [-0.39, 0.29) is 5.43 Å². The molecular formula is C17H21IO4Si. The van der Waals surface area contributed by atoms with E-state index in [4.69, 9.17) is 9.15 Å². The summed E-state index contributed by atoms with van der Waals surface area (Å²) in [6.07, 6.45) is 1.42. The van der Waals surface area contributed by atoms with Crippen molar-refractivity contribution in [3.05, 3.63) is 42.8 Å². The van der Waals surface area contributed by atoms with E-state index in [0.717, 1.165) is 17.2 Å². The van der Waals surface area contributed by atoms with Crippen LogP contribution in [0.4, 0.5) is 0 Å². The number of aryl methyl sites for hydroxylation is 1. The smallest absolute Gasteiger partial charge is 0.339 e. The van der Waals surface area contributed by atoms with Gasteiger partial charge >= 0.3 is 5.97 Å². The molecule has 0 aliphatic carbocycles. The second kappa shape index (κ2) is 6.76. The average molecular weight is 444 g/mol. The molecule has 0 aliphatic rings. The maximum Gasteiger partial charge on any atom is 0.339 e. The molecule has 2 rings (SSSR count). The van der Waals surface area contributed by atoms with Gasteiger partial charge in [0.2, 0.25) is 5.43 Å². The summed E-state index contributed by atoms with van der Waals surface area (Å²) in [4.78, 5) is 25.1. The van der Waals surface area contributed by atoms with Crippen molar-refractivity contribution in [2.45, 2.75) is 39.5 Å². The van der Waals surface area contributed by atoms with E-state index in [0.29, 0.717) is 26.7 Å². The zero-order chi connectivity index (χ0) is 17.4. The van der Waals surface area contributed by atoms with Crippen LogP contribution in [-0.4, -0.2) is 20.7 Å². The molecule has 0 unspecified atom stereocenters. The van der Waals surface area contributed by atoms with Gasteiger partial charge in [-0.25, -0.2) is 4.79 Å². The number of hydrogen-bond acceptors (Lipinski definition) is 4. The largest absolute Gasteiger partial charge is 0.463 e. The van der Waals surface area contributed by atoms with Crippen LogP contribution in [0.25, 0.3) is 11.0 Å². The van der Waals surface area contributed by atoms with Gasteiger partial charge in [0, 0.05) is 8.07 Å². The van der Waals surface area contributed by atoms with Crippen LogP contribution >= 0.6 is 22.6 Å². The van der Waals surface area contributed by atoms with E-state index in [9.17, 15) is 9.59 Å². The van der Waals surface area contributed by atoms with Crippen LogP contribution < -0.4 is 5.43 Å². The first-order chi connectivity index (χ1) is 10.6. The van der Waals surface area contributed by atoms with Crippen molar-refractivity contribution in [3.63, 3.8) is 0 Å². The molecule has 1 aromatic carbocycles. The first kappa shape index (κ1) is 18.2. The summed E-state index contributed by atoms with van der Waals surface area (Å²) in [5, 5.41) is 0.318. The standard InChI is InChI=1S/C17H21IO4Si/c1-10-8-13-15(16(19)12(18)9-22-13)14(11(10)2)17(20)21-6-7-23(3,4)5/h8-9H,6-7H2,1-5H3. The Hall–Kier alpha value is -1.15. The van der Waals surface area contributed by atoms with Gasteiger partial charge in [0.15, 0.2) is 0 Å². The number of halogens is 1.